The standard InChI is InChI=1S/C29H31ClO6/c1-17-13-23(34-15-18-9-7-6-8-10-18)26-20(25(17)30)16-35-28(32)24-22(36-26)12-11-19(27(24)33-5)21(31)14-29(2,3)4/h6-13,21,31H,14-16H2,1-5H3/t21-/m0/s1. The Bertz CT molecular complexity index is 1260. The van der Waals surface area contributed by atoms with Crippen molar-refractivity contribution in [2.45, 2.75) is 53.4 Å². The van der Waals surface area contributed by atoms with Crippen LogP contribution in [0.25, 0.3) is 0 Å². The fourth-order valence-electron chi connectivity index (χ4n) is 4.25. The molecule has 0 spiro atoms. The first-order chi connectivity index (χ1) is 17.1. The third-order valence-electron chi connectivity index (χ3n) is 5.98. The molecule has 4 rings (SSSR count). The van der Waals surface area contributed by atoms with Gasteiger partial charge in [0.2, 0.25) is 0 Å². The van der Waals surface area contributed by atoms with Crippen LogP contribution < -0.4 is 14.2 Å². The summed E-state index contributed by atoms with van der Waals surface area (Å²) in [5.74, 6) is 0.689. The second kappa shape index (κ2) is 10.4. The molecule has 0 radical (unpaired) electrons. The smallest absolute Gasteiger partial charge is 0.346 e. The molecule has 36 heavy (non-hydrogen) atoms. The van der Waals surface area contributed by atoms with Gasteiger partial charge in [-0.05, 0) is 48.1 Å². The molecule has 0 aromatic heterocycles. The van der Waals surface area contributed by atoms with Crippen LogP contribution in [0.5, 0.6) is 23.0 Å². The molecule has 1 aliphatic heterocycles. The van der Waals surface area contributed by atoms with Gasteiger partial charge in [-0.1, -0.05) is 62.7 Å². The highest BCUT2D eigenvalue weighted by molar-refractivity contribution is 6.32. The van der Waals surface area contributed by atoms with E-state index in [2.05, 4.69) is 0 Å². The maximum atomic E-state index is 13.2. The minimum atomic E-state index is -0.836. The number of halogens is 1. The molecule has 1 N–H and O–H groups in total. The zero-order valence-electron chi connectivity index (χ0n) is 21.2. The molecule has 190 valence electrons. The monoisotopic (exact) mass is 510 g/mol. The van der Waals surface area contributed by atoms with Gasteiger partial charge in [0.15, 0.2) is 11.5 Å². The van der Waals surface area contributed by atoms with Crippen LogP contribution in [0, 0.1) is 12.3 Å². The van der Waals surface area contributed by atoms with Crippen molar-refractivity contribution in [3.63, 3.8) is 0 Å². The van der Waals surface area contributed by atoms with Crippen molar-refractivity contribution in [1.29, 1.82) is 0 Å². The minimum absolute atomic E-state index is 0.103. The van der Waals surface area contributed by atoms with Crippen LogP contribution in [-0.2, 0) is 18.0 Å². The average Bonchev–Trinajstić information content (AvgIpc) is 2.82. The molecule has 0 saturated carbocycles. The molecule has 6 nitrogen and oxygen atoms in total. The molecule has 0 aliphatic carbocycles. The van der Waals surface area contributed by atoms with Crippen LogP contribution in [0.15, 0.2) is 48.5 Å². The number of carbonyl (C=O) groups excluding carboxylic acids is 1. The van der Waals surface area contributed by atoms with E-state index in [1.165, 1.54) is 7.11 Å². The Morgan fingerprint density at radius 1 is 1.14 bits per heavy atom. The zero-order valence-corrected chi connectivity index (χ0v) is 21.9. The third kappa shape index (κ3) is 5.45. The Morgan fingerprint density at radius 3 is 2.53 bits per heavy atom. The molecule has 0 amide bonds. The van der Waals surface area contributed by atoms with Gasteiger partial charge in [0.05, 0.1) is 23.8 Å². The van der Waals surface area contributed by atoms with E-state index in [0.29, 0.717) is 40.7 Å². The third-order valence-corrected chi connectivity index (χ3v) is 6.50. The van der Waals surface area contributed by atoms with Gasteiger partial charge in [-0.15, -0.1) is 0 Å². The van der Waals surface area contributed by atoms with Gasteiger partial charge in [-0.3, -0.25) is 0 Å². The van der Waals surface area contributed by atoms with E-state index in [4.69, 9.17) is 30.5 Å². The molecular weight excluding hydrogens is 480 g/mol. The highest BCUT2D eigenvalue weighted by Crippen LogP contribution is 2.47. The second-order valence-electron chi connectivity index (χ2n) is 10.1. The largest absolute Gasteiger partial charge is 0.495 e. The van der Waals surface area contributed by atoms with Crippen LogP contribution in [0.3, 0.4) is 0 Å². The molecule has 0 fully saturated rings. The Hall–Kier alpha value is -3.22. The first-order valence-corrected chi connectivity index (χ1v) is 12.2. The summed E-state index contributed by atoms with van der Waals surface area (Å²) >= 11 is 6.60. The molecule has 0 saturated heterocycles. The van der Waals surface area contributed by atoms with E-state index in [1.54, 1.807) is 12.1 Å². The summed E-state index contributed by atoms with van der Waals surface area (Å²) in [6, 6.07) is 14.9. The van der Waals surface area contributed by atoms with Gasteiger partial charge in [-0.25, -0.2) is 4.79 Å². The van der Waals surface area contributed by atoms with Crippen LogP contribution in [0.4, 0.5) is 0 Å². The van der Waals surface area contributed by atoms with Crippen molar-refractivity contribution in [1.82, 2.24) is 0 Å². The number of ether oxygens (including phenoxy) is 4. The number of carbonyl (C=O) groups is 1. The van der Waals surface area contributed by atoms with Crippen LogP contribution in [0.1, 0.15) is 65.9 Å². The number of methoxy groups -OCH3 is 1. The highest BCUT2D eigenvalue weighted by Gasteiger charge is 2.32. The predicted molar refractivity (Wildman–Crippen MR) is 138 cm³/mol. The fraction of sp³-hybridized carbons (Fsp3) is 0.345. The normalized spacial score (nSPS) is 13.9. The Kier molecular flexibility index (Phi) is 7.48. The van der Waals surface area contributed by atoms with Crippen molar-refractivity contribution in [2.24, 2.45) is 5.41 Å². The number of hydrogen-bond acceptors (Lipinski definition) is 6. The predicted octanol–water partition coefficient (Wildman–Crippen LogP) is 7.17. The molecule has 0 bridgehead atoms. The first-order valence-electron chi connectivity index (χ1n) is 11.8. The van der Waals surface area contributed by atoms with Gasteiger partial charge < -0.3 is 24.1 Å². The lowest BCUT2D eigenvalue weighted by molar-refractivity contribution is 0.0453. The minimum Gasteiger partial charge on any atom is -0.495 e. The molecule has 1 heterocycles. The summed E-state index contributed by atoms with van der Waals surface area (Å²) in [7, 11) is 1.46. The van der Waals surface area contributed by atoms with E-state index < -0.39 is 12.1 Å². The van der Waals surface area contributed by atoms with Crippen molar-refractivity contribution < 1.29 is 28.8 Å². The molecule has 3 aromatic carbocycles. The maximum absolute atomic E-state index is 13.2. The number of aryl methyl sites for hydroxylation is 1. The number of aliphatic hydroxyl groups is 1. The summed E-state index contributed by atoms with van der Waals surface area (Å²) in [6.45, 7) is 8.19. The summed E-state index contributed by atoms with van der Waals surface area (Å²) in [6.07, 6.45) is -0.356. The summed E-state index contributed by atoms with van der Waals surface area (Å²) in [4.78, 5) is 13.2. The van der Waals surface area contributed by atoms with Crippen molar-refractivity contribution in [3.05, 3.63) is 81.4 Å². The molecular formula is C29H31ClO6. The Balaban J connectivity index is 1.78. The maximum Gasteiger partial charge on any atom is 0.346 e. The van der Waals surface area contributed by atoms with Gasteiger partial charge in [-0.2, -0.15) is 0 Å². The van der Waals surface area contributed by atoms with Gasteiger partial charge >= 0.3 is 5.97 Å². The molecule has 1 atom stereocenters. The fourth-order valence-corrected chi connectivity index (χ4v) is 4.44. The van der Waals surface area contributed by atoms with E-state index in [9.17, 15) is 9.90 Å². The number of rotatable bonds is 6. The lowest BCUT2D eigenvalue weighted by atomic mass is 9.86. The van der Waals surface area contributed by atoms with Crippen LogP contribution in [0.2, 0.25) is 5.02 Å². The lowest BCUT2D eigenvalue weighted by Gasteiger charge is -2.26. The summed E-state index contributed by atoms with van der Waals surface area (Å²) in [5, 5.41) is 11.4. The van der Waals surface area contributed by atoms with Gasteiger partial charge in [0.25, 0.3) is 0 Å². The van der Waals surface area contributed by atoms with Crippen molar-refractivity contribution in [2.75, 3.05) is 7.11 Å². The number of hydrogen-bond donors (Lipinski definition) is 1. The van der Waals surface area contributed by atoms with Crippen molar-refractivity contribution >= 4 is 17.6 Å². The van der Waals surface area contributed by atoms with Crippen LogP contribution in [-0.4, -0.2) is 18.2 Å². The Morgan fingerprint density at radius 2 is 1.86 bits per heavy atom. The van der Waals surface area contributed by atoms with E-state index in [0.717, 1.165) is 11.1 Å². The van der Waals surface area contributed by atoms with Gasteiger partial charge in [0.1, 0.15) is 30.3 Å². The van der Waals surface area contributed by atoms with Crippen LogP contribution >= 0.6 is 11.6 Å². The van der Waals surface area contributed by atoms with E-state index in [-0.39, 0.29) is 29.1 Å². The van der Waals surface area contributed by atoms with E-state index >= 15 is 0 Å². The molecule has 3 aromatic rings. The molecule has 1 aliphatic rings. The lowest BCUT2D eigenvalue weighted by Crippen LogP contribution is -2.17. The zero-order chi connectivity index (χ0) is 26.0. The van der Waals surface area contributed by atoms with Crippen molar-refractivity contribution in [3.8, 4) is 23.0 Å². The van der Waals surface area contributed by atoms with Gasteiger partial charge in [0, 0.05) is 5.56 Å². The SMILES string of the molecule is COc1c([C@@H](O)CC(C)(C)C)ccc2c1C(=O)OCc1c(Cl)c(C)cc(OCc3ccccc3)c1O2. The number of aliphatic hydroxyl groups excluding tert-OH is 1. The number of esters is 1. The quantitative estimate of drug-likeness (QED) is 0.354. The number of cyclic esters (lactones) is 1. The molecule has 0 unspecified atom stereocenters. The first kappa shape index (κ1) is 25.9. The Labute approximate surface area is 216 Å². The van der Waals surface area contributed by atoms with E-state index in [1.807, 2.05) is 64.1 Å². The highest BCUT2D eigenvalue weighted by atomic mass is 35.5. The number of fused-ring (bicyclic) bond motifs is 2. The second-order valence-corrected chi connectivity index (χ2v) is 10.5. The number of benzene rings is 3. The molecule has 7 heteroatoms. The summed E-state index contributed by atoms with van der Waals surface area (Å²) < 4.78 is 23.7. The summed E-state index contributed by atoms with van der Waals surface area (Å²) in [5.41, 5.74) is 2.77. The average molecular weight is 511 g/mol. The topological polar surface area (TPSA) is 74.2 Å².